The Morgan fingerprint density at radius 1 is 1.08 bits per heavy atom. The van der Waals surface area contributed by atoms with E-state index < -0.39 is 0 Å². The van der Waals surface area contributed by atoms with E-state index in [1.807, 2.05) is 13.1 Å². The molecule has 1 N–H and O–H groups in total. The van der Waals surface area contributed by atoms with Gasteiger partial charge in [0.15, 0.2) is 5.96 Å². The van der Waals surface area contributed by atoms with E-state index in [1.165, 1.54) is 37.7 Å². The molecule has 2 aliphatic heterocycles. The number of halogens is 1. The van der Waals surface area contributed by atoms with E-state index in [1.54, 1.807) is 7.11 Å². The number of ether oxygens (including phenoxy) is 1. The number of aliphatic imine (C=N–C) groups is 1. The SMILES string of the molecule is CN=C(NCC(c1ccccc1OC)N1CCCCC1)N1CCCC1.I. The zero-order chi connectivity index (χ0) is 17.5. The van der Waals surface area contributed by atoms with Crippen molar-refractivity contribution in [3.8, 4) is 5.75 Å². The second kappa shape index (κ2) is 11.0. The lowest BCUT2D eigenvalue weighted by molar-refractivity contribution is 0.161. The van der Waals surface area contributed by atoms with Crippen LogP contribution in [0.1, 0.15) is 43.7 Å². The Morgan fingerprint density at radius 2 is 1.73 bits per heavy atom. The number of nitrogens with zero attached hydrogens (tertiary/aromatic N) is 3. The van der Waals surface area contributed by atoms with Gasteiger partial charge in [0.1, 0.15) is 5.75 Å². The van der Waals surface area contributed by atoms with E-state index >= 15 is 0 Å². The van der Waals surface area contributed by atoms with Crippen molar-refractivity contribution in [3.63, 3.8) is 0 Å². The number of methoxy groups -OCH3 is 1. The largest absolute Gasteiger partial charge is 0.496 e. The Bertz CT molecular complexity index is 569. The molecule has 0 spiro atoms. The van der Waals surface area contributed by atoms with Crippen molar-refractivity contribution in [1.82, 2.24) is 15.1 Å². The molecule has 2 heterocycles. The van der Waals surface area contributed by atoms with E-state index in [0.29, 0.717) is 6.04 Å². The molecule has 0 saturated carbocycles. The molecule has 5 nitrogen and oxygen atoms in total. The van der Waals surface area contributed by atoms with Crippen molar-refractivity contribution in [2.24, 2.45) is 4.99 Å². The molecule has 26 heavy (non-hydrogen) atoms. The molecule has 0 aromatic heterocycles. The van der Waals surface area contributed by atoms with Crippen LogP contribution >= 0.6 is 24.0 Å². The van der Waals surface area contributed by atoms with Crippen molar-refractivity contribution in [1.29, 1.82) is 0 Å². The summed E-state index contributed by atoms with van der Waals surface area (Å²) < 4.78 is 5.65. The van der Waals surface area contributed by atoms with Crippen molar-refractivity contribution in [2.45, 2.75) is 38.1 Å². The molecule has 1 atom stereocenters. The zero-order valence-corrected chi connectivity index (χ0v) is 18.4. The van der Waals surface area contributed by atoms with Gasteiger partial charge in [-0.25, -0.2) is 0 Å². The lowest BCUT2D eigenvalue weighted by atomic mass is 10.0. The molecule has 2 fully saturated rings. The minimum absolute atomic E-state index is 0. The molecule has 0 aliphatic carbocycles. The molecular formula is C20H33IN4O. The number of hydrogen-bond acceptors (Lipinski definition) is 3. The van der Waals surface area contributed by atoms with Crippen molar-refractivity contribution in [3.05, 3.63) is 29.8 Å². The standard InChI is InChI=1S/C20H32N4O.HI/c1-21-20(24-14-8-9-15-24)22-16-18(23-12-6-3-7-13-23)17-10-4-5-11-19(17)25-2;/h4-5,10-11,18H,3,6-9,12-16H2,1-2H3,(H,21,22);1H. The van der Waals surface area contributed by atoms with Crippen LogP contribution in [0.5, 0.6) is 5.75 Å². The summed E-state index contributed by atoms with van der Waals surface area (Å²) in [7, 11) is 3.66. The fraction of sp³-hybridized carbons (Fsp3) is 0.650. The average Bonchev–Trinajstić information content (AvgIpc) is 3.21. The summed E-state index contributed by atoms with van der Waals surface area (Å²) in [5, 5.41) is 3.64. The monoisotopic (exact) mass is 472 g/mol. The summed E-state index contributed by atoms with van der Waals surface area (Å²) in [5.41, 5.74) is 1.27. The predicted octanol–water partition coefficient (Wildman–Crippen LogP) is 3.51. The van der Waals surface area contributed by atoms with Gasteiger partial charge >= 0.3 is 0 Å². The first-order chi connectivity index (χ1) is 12.3. The normalized spacial score (nSPS) is 19.8. The minimum Gasteiger partial charge on any atom is -0.496 e. The number of hydrogen-bond donors (Lipinski definition) is 1. The first-order valence-electron chi connectivity index (χ1n) is 9.66. The summed E-state index contributed by atoms with van der Waals surface area (Å²) in [4.78, 5) is 9.48. The smallest absolute Gasteiger partial charge is 0.193 e. The summed E-state index contributed by atoms with van der Waals surface area (Å²) in [6.07, 6.45) is 6.45. The number of guanidine groups is 1. The van der Waals surface area contributed by atoms with Crippen LogP contribution in [0, 0.1) is 0 Å². The molecule has 0 radical (unpaired) electrons. The highest BCUT2D eigenvalue weighted by molar-refractivity contribution is 14.0. The van der Waals surface area contributed by atoms with Crippen LogP contribution in [0.4, 0.5) is 0 Å². The molecular weight excluding hydrogens is 439 g/mol. The highest BCUT2D eigenvalue weighted by Gasteiger charge is 2.26. The molecule has 1 aromatic carbocycles. The first-order valence-corrected chi connectivity index (χ1v) is 9.66. The maximum Gasteiger partial charge on any atom is 0.193 e. The third-order valence-corrected chi connectivity index (χ3v) is 5.40. The lowest BCUT2D eigenvalue weighted by Crippen LogP contribution is -2.45. The van der Waals surface area contributed by atoms with E-state index in [0.717, 1.165) is 44.4 Å². The molecule has 2 aliphatic rings. The molecule has 6 heteroatoms. The van der Waals surface area contributed by atoms with E-state index in [2.05, 4.69) is 38.3 Å². The Balaban J connectivity index is 0.00000243. The van der Waals surface area contributed by atoms with E-state index in [-0.39, 0.29) is 24.0 Å². The van der Waals surface area contributed by atoms with Crippen LogP contribution in [0.3, 0.4) is 0 Å². The topological polar surface area (TPSA) is 40.1 Å². The Hall–Kier alpha value is -1.02. The lowest BCUT2D eigenvalue weighted by Gasteiger charge is -2.36. The van der Waals surface area contributed by atoms with E-state index in [4.69, 9.17) is 4.74 Å². The van der Waals surface area contributed by atoms with Crippen LogP contribution in [0.25, 0.3) is 0 Å². The third kappa shape index (κ3) is 5.25. The number of piperidine rings is 1. The number of rotatable bonds is 5. The molecule has 1 unspecified atom stereocenters. The van der Waals surface area contributed by atoms with Gasteiger partial charge in [-0.2, -0.15) is 0 Å². The molecule has 3 rings (SSSR count). The average molecular weight is 472 g/mol. The summed E-state index contributed by atoms with van der Waals surface area (Å²) in [5.74, 6) is 2.02. The van der Waals surface area contributed by atoms with Gasteiger partial charge in [0, 0.05) is 32.2 Å². The second-order valence-electron chi connectivity index (χ2n) is 6.98. The number of para-hydroxylation sites is 1. The molecule has 0 bridgehead atoms. The summed E-state index contributed by atoms with van der Waals surface area (Å²) in [6, 6.07) is 8.76. The minimum atomic E-state index is 0. The predicted molar refractivity (Wildman–Crippen MR) is 119 cm³/mol. The van der Waals surface area contributed by atoms with Gasteiger partial charge in [-0.05, 0) is 44.8 Å². The Morgan fingerprint density at radius 3 is 2.38 bits per heavy atom. The molecule has 146 valence electrons. The molecule has 1 aromatic rings. The van der Waals surface area contributed by atoms with Gasteiger partial charge in [0.05, 0.1) is 13.2 Å². The fourth-order valence-electron chi connectivity index (χ4n) is 4.06. The third-order valence-electron chi connectivity index (χ3n) is 5.40. The molecule has 0 amide bonds. The number of benzene rings is 1. The maximum atomic E-state index is 5.65. The van der Waals surface area contributed by atoms with Crippen molar-refractivity contribution < 1.29 is 4.74 Å². The summed E-state index contributed by atoms with van der Waals surface area (Å²) >= 11 is 0. The Labute approximate surface area is 175 Å². The van der Waals surface area contributed by atoms with Gasteiger partial charge in [-0.15, -0.1) is 24.0 Å². The highest BCUT2D eigenvalue weighted by atomic mass is 127. The van der Waals surface area contributed by atoms with Gasteiger partial charge in [-0.1, -0.05) is 24.6 Å². The first kappa shape index (κ1) is 21.3. The van der Waals surface area contributed by atoms with E-state index in [9.17, 15) is 0 Å². The fourth-order valence-corrected chi connectivity index (χ4v) is 4.06. The highest BCUT2D eigenvalue weighted by Crippen LogP contribution is 2.31. The van der Waals surface area contributed by atoms with Gasteiger partial charge in [-0.3, -0.25) is 9.89 Å². The van der Waals surface area contributed by atoms with Crippen LogP contribution < -0.4 is 10.1 Å². The summed E-state index contributed by atoms with van der Waals surface area (Å²) in [6.45, 7) is 5.41. The number of likely N-dealkylation sites (tertiary alicyclic amines) is 2. The van der Waals surface area contributed by atoms with Crippen LogP contribution in [0.2, 0.25) is 0 Å². The second-order valence-corrected chi connectivity index (χ2v) is 6.98. The van der Waals surface area contributed by atoms with Crippen LogP contribution in [0.15, 0.2) is 29.3 Å². The quantitative estimate of drug-likeness (QED) is 0.405. The van der Waals surface area contributed by atoms with Crippen LogP contribution in [-0.4, -0.2) is 62.6 Å². The molecule has 2 saturated heterocycles. The van der Waals surface area contributed by atoms with Gasteiger partial charge in [0.2, 0.25) is 0 Å². The Kier molecular flexibility index (Phi) is 8.98. The van der Waals surface area contributed by atoms with Gasteiger partial charge in [0.25, 0.3) is 0 Å². The number of nitrogens with one attached hydrogen (secondary N) is 1. The zero-order valence-electron chi connectivity index (χ0n) is 16.1. The van der Waals surface area contributed by atoms with Crippen LogP contribution in [-0.2, 0) is 0 Å². The van der Waals surface area contributed by atoms with Crippen molar-refractivity contribution in [2.75, 3.05) is 46.9 Å². The maximum absolute atomic E-state index is 5.65. The van der Waals surface area contributed by atoms with Gasteiger partial charge < -0.3 is 15.0 Å². The van der Waals surface area contributed by atoms with Crippen molar-refractivity contribution >= 4 is 29.9 Å².